The summed E-state index contributed by atoms with van der Waals surface area (Å²) < 4.78 is 2.33. The Morgan fingerprint density at radius 3 is 2.18 bits per heavy atom. The molecule has 4 heterocycles. The predicted octanol–water partition coefficient (Wildman–Crippen LogP) is 6.50. The van der Waals surface area contributed by atoms with Crippen LogP contribution < -0.4 is 15.9 Å². The van der Waals surface area contributed by atoms with Crippen molar-refractivity contribution in [1.29, 1.82) is 0 Å². The summed E-state index contributed by atoms with van der Waals surface area (Å²) in [6, 6.07) is 39.0. The Hall–Kier alpha value is -4.66. The van der Waals surface area contributed by atoms with Gasteiger partial charge < -0.3 is 0 Å². The Labute approximate surface area is 220 Å². The Morgan fingerprint density at radius 2 is 1.29 bits per heavy atom. The number of imidazole rings is 1. The molecule has 8 aromatic rings. The van der Waals surface area contributed by atoms with E-state index in [1.54, 1.807) is 0 Å². The molecule has 0 bridgehead atoms. The van der Waals surface area contributed by atoms with E-state index in [9.17, 15) is 0 Å². The minimum Gasteiger partial charge on any atom is -0.292 e. The highest BCUT2D eigenvalue weighted by Gasteiger charge is 2.20. The summed E-state index contributed by atoms with van der Waals surface area (Å²) in [5.74, 6) is 0. The average Bonchev–Trinajstić information content (AvgIpc) is 3.37. The highest BCUT2D eigenvalue weighted by Crippen LogP contribution is 2.36. The van der Waals surface area contributed by atoms with Crippen LogP contribution in [0.2, 0.25) is 0 Å². The molecule has 4 aromatic carbocycles. The molecule has 0 aliphatic heterocycles. The lowest BCUT2D eigenvalue weighted by Crippen LogP contribution is -2.21. The van der Waals surface area contributed by atoms with Gasteiger partial charge in [-0.05, 0) is 71.7 Å². The predicted molar refractivity (Wildman–Crippen MR) is 160 cm³/mol. The Bertz CT molecular complexity index is 2150. The van der Waals surface area contributed by atoms with Gasteiger partial charge in [0.25, 0.3) is 0 Å². The van der Waals surface area contributed by atoms with E-state index < -0.39 is 7.92 Å². The number of hydrogen-bond acceptors (Lipinski definition) is 3. The number of pyridine rings is 3. The number of rotatable bonds is 3. The van der Waals surface area contributed by atoms with Gasteiger partial charge in [0.1, 0.15) is 5.65 Å². The van der Waals surface area contributed by atoms with Crippen molar-refractivity contribution in [1.82, 2.24) is 19.4 Å². The van der Waals surface area contributed by atoms with Crippen LogP contribution in [0.4, 0.5) is 0 Å². The van der Waals surface area contributed by atoms with Crippen molar-refractivity contribution in [2.45, 2.75) is 0 Å². The van der Waals surface area contributed by atoms with E-state index >= 15 is 0 Å². The first-order chi connectivity index (χ1) is 18.8. The van der Waals surface area contributed by atoms with Crippen molar-refractivity contribution in [2.24, 2.45) is 0 Å². The van der Waals surface area contributed by atoms with Crippen LogP contribution in [0.5, 0.6) is 0 Å². The third-order valence-corrected chi connectivity index (χ3v) is 9.67. The molecule has 0 N–H and O–H groups in total. The van der Waals surface area contributed by atoms with Crippen molar-refractivity contribution < 1.29 is 0 Å². The van der Waals surface area contributed by atoms with Crippen LogP contribution in [-0.2, 0) is 0 Å². The van der Waals surface area contributed by atoms with Gasteiger partial charge in [0.05, 0.1) is 22.1 Å². The molecule has 0 fully saturated rings. The maximum atomic E-state index is 5.13. The summed E-state index contributed by atoms with van der Waals surface area (Å²) >= 11 is 0. The van der Waals surface area contributed by atoms with E-state index in [4.69, 9.17) is 4.98 Å². The normalized spacial score (nSPS) is 12.6. The number of fused-ring (bicyclic) bond motifs is 9. The summed E-state index contributed by atoms with van der Waals surface area (Å²) in [6.07, 6.45) is 5.63. The molecular weight excluding hydrogens is 483 g/mol. The molecule has 4 nitrogen and oxygen atoms in total. The van der Waals surface area contributed by atoms with E-state index in [0.29, 0.717) is 0 Å². The Morgan fingerprint density at radius 1 is 0.526 bits per heavy atom. The van der Waals surface area contributed by atoms with Crippen LogP contribution in [0.1, 0.15) is 0 Å². The second-order valence-corrected chi connectivity index (χ2v) is 11.6. The number of hydrogen-bond donors (Lipinski definition) is 0. The summed E-state index contributed by atoms with van der Waals surface area (Å²) in [6.45, 7) is 0. The first-order valence-electron chi connectivity index (χ1n) is 12.6. The summed E-state index contributed by atoms with van der Waals surface area (Å²) in [5, 5.41) is 8.58. The van der Waals surface area contributed by atoms with Gasteiger partial charge in [-0.1, -0.05) is 66.7 Å². The van der Waals surface area contributed by atoms with Gasteiger partial charge in [0, 0.05) is 34.7 Å². The molecule has 0 amide bonds. The van der Waals surface area contributed by atoms with E-state index in [-0.39, 0.29) is 0 Å². The average molecular weight is 505 g/mol. The SMILES string of the molecule is c1cnc2cc(P(c3ccncc3)c3ccc4nc5c6ccccc6c6ccccc6n5c4c3)ccc2c1. The summed E-state index contributed by atoms with van der Waals surface area (Å²) in [7, 11) is -0.828. The van der Waals surface area contributed by atoms with E-state index in [1.807, 2.05) is 24.7 Å². The van der Waals surface area contributed by atoms with Gasteiger partial charge in [0.15, 0.2) is 0 Å². The molecule has 0 aliphatic carbocycles. The van der Waals surface area contributed by atoms with Gasteiger partial charge in [-0.15, -0.1) is 0 Å². The molecule has 1 atom stereocenters. The van der Waals surface area contributed by atoms with Crippen molar-refractivity contribution in [3.05, 3.63) is 128 Å². The van der Waals surface area contributed by atoms with E-state index in [2.05, 4.69) is 117 Å². The fraction of sp³-hybridized carbons (Fsp3) is 0. The Balaban J connectivity index is 1.44. The van der Waals surface area contributed by atoms with Gasteiger partial charge in [-0.3, -0.25) is 14.4 Å². The minimum atomic E-state index is -0.828. The van der Waals surface area contributed by atoms with Gasteiger partial charge in [-0.2, -0.15) is 0 Å². The van der Waals surface area contributed by atoms with E-state index in [1.165, 1.54) is 37.6 Å². The lowest BCUT2D eigenvalue weighted by Gasteiger charge is -2.19. The molecule has 8 rings (SSSR count). The molecule has 5 heteroatoms. The fourth-order valence-electron chi connectivity index (χ4n) is 5.57. The second-order valence-electron chi connectivity index (χ2n) is 9.43. The van der Waals surface area contributed by atoms with Crippen molar-refractivity contribution in [3.63, 3.8) is 0 Å². The summed E-state index contributed by atoms with van der Waals surface area (Å²) in [5.41, 5.74) is 5.30. The van der Waals surface area contributed by atoms with Crippen LogP contribution in [0.25, 0.3) is 49.3 Å². The first-order valence-corrected chi connectivity index (χ1v) is 14.0. The highest BCUT2D eigenvalue weighted by molar-refractivity contribution is 7.79. The molecule has 4 aromatic heterocycles. The molecule has 178 valence electrons. The molecule has 0 spiro atoms. The molecule has 1 unspecified atom stereocenters. The van der Waals surface area contributed by atoms with Crippen molar-refractivity contribution in [3.8, 4) is 0 Å². The molecule has 0 saturated heterocycles. The van der Waals surface area contributed by atoms with Crippen LogP contribution >= 0.6 is 7.92 Å². The van der Waals surface area contributed by atoms with Crippen LogP contribution in [0, 0.1) is 0 Å². The number of benzene rings is 4. The van der Waals surface area contributed by atoms with E-state index in [0.717, 1.165) is 27.6 Å². The van der Waals surface area contributed by atoms with Crippen molar-refractivity contribution in [2.75, 3.05) is 0 Å². The zero-order valence-corrected chi connectivity index (χ0v) is 21.3. The lowest BCUT2D eigenvalue weighted by molar-refractivity contribution is 1.32. The smallest absolute Gasteiger partial charge is 0.146 e. The number of para-hydroxylation sites is 1. The third-order valence-electron chi connectivity index (χ3n) is 7.27. The molecule has 0 radical (unpaired) electrons. The highest BCUT2D eigenvalue weighted by atomic mass is 31.1. The number of aromatic nitrogens is 4. The largest absolute Gasteiger partial charge is 0.292 e. The zero-order chi connectivity index (χ0) is 25.1. The summed E-state index contributed by atoms with van der Waals surface area (Å²) in [4.78, 5) is 14.1. The van der Waals surface area contributed by atoms with Crippen LogP contribution in [0.15, 0.2) is 128 Å². The minimum absolute atomic E-state index is 0.828. The zero-order valence-electron chi connectivity index (χ0n) is 20.4. The molecule has 0 saturated carbocycles. The molecular formula is C33H21N4P. The third kappa shape index (κ3) is 3.24. The quantitative estimate of drug-likeness (QED) is 0.204. The maximum absolute atomic E-state index is 5.13. The topological polar surface area (TPSA) is 43.1 Å². The fourth-order valence-corrected chi connectivity index (χ4v) is 7.85. The maximum Gasteiger partial charge on any atom is 0.146 e. The second kappa shape index (κ2) is 8.44. The molecule has 0 aliphatic rings. The van der Waals surface area contributed by atoms with Gasteiger partial charge >= 0.3 is 0 Å². The van der Waals surface area contributed by atoms with Crippen molar-refractivity contribution >= 4 is 73.1 Å². The number of nitrogens with zero attached hydrogens (tertiary/aromatic N) is 4. The lowest BCUT2D eigenvalue weighted by atomic mass is 10.1. The monoisotopic (exact) mass is 504 g/mol. The van der Waals surface area contributed by atoms with Gasteiger partial charge in [0.2, 0.25) is 0 Å². The Kier molecular flexibility index (Phi) is 4.76. The van der Waals surface area contributed by atoms with Gasteiger partial charge in [-0.25, -0.2) is 4.98 Å². The van der Waals surface area contributed by atoms with Crippen LogP contribution in [-0.4, -0.2) is 19.4 Å². The molecule has 38 heavy (non-hydrogen) atoms. The van der Waals surface area contributed by atoms with Crippen LogP contribution in [0.3, 0.4) is 0 Å². The standard InChI is InChI=1S/C33H21N4P/c1-2-9-28-26(7-1)27-8-3-4-10-31(27)37-32-21-25(13-14-29(32)36-33(28)37)38(23-15-18-34-19-16-23)24-12-11-22-6-5-17-35-30(22)20-24/h1-21H. The first kappa shape index (κ1) is 21.4.